The Morgan fingerprint density at radius 2 is 2.29 bits per heavy atom. The number of H-pyrrole nitrogens is 1. The summed E-state index contributed by atoms with van der Waals surface area (Å²) in [5.41, 5.74) is 1.74. The van der Waals surface area contributed by atoms with Gasteiger partial charge in [0.05, 0.1) is 0 Å². The molecule has 0 saturated carbocycles. The minimum absolute atomic E-state index is 0.161. The van der Waals surface area contributed by atoms with Gasteiger partial charge in [-0.05, 0) is 40.5 Å². The lowest BCUT2D eigenvalue weighted by molar-refractivity contribution is 0.0691. The van der Waals surface area contributed by atoms with Crippen LogP contribution in [0.1, 0.15) is 16.1 Å². The first-order chi connectivity index (χ1) is 6.58. The molecule has 2 aromatic heterocycles. The van der Waals surface area contributed by atoms with Gasteiger partial charge in [0, 0.05) is 5.39 Å². The molecule has 72 valence electrons. The molecule has 2 N–H and O–H groups in total. The largest absolute Gasteiger partial charge is 0.477 e. The van der Waals surface area contributed by atoms with Crippen molar-refractivity contribution in [3.63, 3.8) is 0 Å². The van der Waals surface area contributed by atoms with E-state index in [9.17, 15) is 4.79 Å². The summed E-state index contributed by atoms with van der Waals surface area (Å²) in [5, 5.41) is 9.61. The number of pyridine rings is 1. The summed E-state index contributed by atoms with van der Waals surface area (Å²) < 4.78 is 0.696. The highest BCUT2D eigenvalue weighted by Crippen LogP contribution is 2.21. The number of rotatable bonds is 1. The molecule has 14 heavy (non-hydrogen) atoms. The summed E-state index contributed by atoms with van der Waals surface area (Å²) in [4.78, 5) is 17.6. The Balaban J connectivity index is 2.76. The van der Waals surface area contributed by atoms with E-state index >= 15 is 0 Å². The highest BCUT2D eigenvalue weighted by molar-refractivity contribution is 9.10. The second-order valence-corrected chi connectivity index (χ2v) is 3.82. The van der Waals surface area contributed by atoms with Gasteiger partial charge in [-0.15, -0.1) is 0 Å². The van der Waals surface area contributed by atoms with E-state index < -0.39 is 5.97 Å². The number of aryl methyl sites for hydroxylation is 1. The first-order valence-corrected chi connectivity index (χ1v) is 4.76. The lowest BCUT2D eigenvalue weighted by Gasteiger charge is -1.95. The summed E-state index contributed by atoms with van der Waals surface area (Å²) in [6.45, 7) is 1.91. The molecular weight excluding hydrogens is 248 g/mol. The van der Waals surface area contributed by atoms with Crippen molar-refractivity contribution in [3.8, 4) is 0 Å². The second-order valence-electron chi connectivity index (χ2n) is 3.01. The molecule has 4 nitrogen and oxygen atoms in total. The van der Waals surface area contributed by atoms with Crippen LogP contribution in [0.3, 0.4) is 0 Å². The number of hydrogen-bond donors (Lipinski definition) is 2. The predicted octanol–water partition coefficient (Wildman–Crippen LogP) is 2.33. The minimum Gasteiger partial charge on any atom is -0.477 e. The lowest BCUT2D eigenvalue weighted by Crippen LogP contribution is -1.94. The number of carboxylic acids is 1. The molecule has 0 aliphatic carbocycles. The van der Waals surface area contributed by atoms with E-state index in [1.165, 1.54) is 0 Å². The number of carboxylic acid groups (broad SMARTS) is 1. The monoisotopic (exact) mass is 254 g/mol. The predicted molar refractivity (Wildman–Crippen MR) is 55.5 cm³/mol. The van der Waals surface area contributed by atoms with Crippen LogP contribution in [0.2, 0.25) is 0 Å². The number of nitrogens with zero attached hydrogens (tertiary/aromatic N) is 1. The fourth-order valence-electron chi connectivity index (χ4n) is 1.34. The Hall–Kier alpha value is -1.36. The Morgan fingerprint density at radius 1 is 1.57 bits per heavy atom. The molecule has 0 aliphatic heterocycles. The summed E-state index contributed by atoms with van der Waals surface area (Å²) in [7, 11) is 0. The highest BCUT2D eigenvalue weighted by Gasteiger charge is 2.10. The van der Waals surface area contributed by atoms with E-state index in [4.69, 9.17) is 5.11 Å². The van der Waals surface area contributed by atoms with Gasteiger partial charge < -0.3 is 10.1 Å². The maximum absolute atomic E-state index is 10.7. The van der Waals surface area contributed by atoms with Crippen LogP contribution in [0.4, 0.5) is 0 Å². The Kier molecular flexibility index (Phi) is 2.03. The van der Waals surface area contributed by atoms with E-state index in [1.807, 2.05) is 13.0 Å². The van der Waals surface area contributed by atoms with E-state index in [2.05, 4.69) is 25.9 Å². The number of aromatic nitrogens is 2. The van der Waals surface area contributed by atoms with Crippen molar-refractivity contribution in [1.29, 1.82) is 0 Å². The van der Waals surface area contributed by atoms with Gasteiger partial charge in [0.1, 0.15) is 15.9 Å². The summed E-state index contributed by atoms with van der Waals surface area (Å²) in [6, 6.07) is 3.44. The van der Waals surface area contributed by atoms with Gasteiger partial charge in [-0.3, -0.25) is 0 Å². The van der Waals surface area contributed by atoms with Crippen molar-refractivity contribution in [2.75, 3.05) is 0 Å². The Morgan fingerprint density at radius 3 is 2.93 bits per heavy atom. The van der Waals surface area contributed by atoms with Crippen LogP contribution in [0.15, 0.2) is 16.7 Å². The fraction of sp³-hybridized carbons (Fsp3) is 0.111. The number of aromatic amines is 1. The third-order valence-electron chi connectivity index (χ3n) is 2.01. The summed E-state index contributed by atoms with van der Waals surface area (Å²) >= 11 is 3.25. The Bertz CT molecular complexity index is 519. The summed E-state index contributed by atoms with van der Waals surface area (Å²) in [6.07, 6.45) is 0. The average Bonchev–Trinajstić information content (AvgIpc) is 2.47. The molecule has 0 unspecified atom stereocenters. The number of nitrogens with one attached hydrogen (secondary N) is 1. The normalized spacial score (nSPS) is 10.7. The third-order valence-corrected chi connectivity index (χ3v) is 2.41. The van der Waals surface area contributed by atoms with Gasteiger partial charge >= 0.3 is 5.97 Å². The number of hydrogen-bond acceptors (Lipinski definition) is 2. The number of carbonyl (C=O) groups is 1. The van der Waals surface area contributed by atoms with Crippen LogP contribution < -0.4 is 0 Å². The third kappa shape index (κ3) is 1.39. The molecule has 0 aromatic carbocycles. The van der Waals surface area contributed by atoms with E-state index in [-0.39, 0.29) is 5.69 Å². The number of fused-ring (bicyclic) bond motifs is 1. The molecule has 0 atom stereocenters. The molecule has 0 saturated heterocycles. The molecule has 2 aromatic rings. The first-order valence-electron chi connectivity index (χ1n) is 3.97. The van der Waals surface area contributed by atoms with Gasteiger partial charge in [-0.25, -0.2) is 9.78 Å². The van der Waals surface area contributed by atoms with Crippen LogP contribution in [0.25, 0.3) is 11.0 Å². The summed E-state index contributed by atoms with van der Waals surface area (Å²) in [5.74, 6) is -0.974. The molecule has 2 heterocycles. The van der Waals surface area contributed by atoms with Crippen molar-refractivity contribution in [2.45, 2.75) is 6.92 Å². The molecule has 0 amide bonds. The molecule has 0 aliphatic rings. The standard InChI is InChI=1S/C9H7BrN2O2/c1-4-2-7(10)12-8-5(4)3-6(11-8)9(13)14/h2-3H,1H3,(H,11,12)(H,13,14). The lowest BCUT2D eigenvalue weighted by atomic mass is 10.2. The van der Waals surface area contributed by atoms with Crippen LogP contribution >= 0.6 is 15.9 Å². The topological polar surface area (TPSA) is 66.0 Å². The zero-order valence-corrected chi connectivity index (χ0v) is 8.92. The van der Waals surface area contributed by atoms with Gasteiger partial charge in [-0.2, -0.15) is 0 Å². The average molecular weight is 255 g/mol. The quantitative estimate of drug-likeness (QED) is 0.768. The highest BCUT2D eigenvalue weighted by atomic mass is 79.9. The van der Waals surface area contributed by atoms with Crippen LogP contribution in [0.5, 0.6) is 0 Å². The van der Waals surface area contributed by atoms with Gasteiger partial charge in [0.25, 0.3) is 0 Å². The molecular formula is C9H7BrN2O2. The van der Waals surface area contributed by atoms with Crippen molar-refractivity contribution in [1.82, 2.24) is 9.97 Å². The van der Waals surface area contributed by atoms with Crippen molar-refractivity contribution in [3.05, 3.63) is 28.0 Å². The molecule has 2 rings (SSSR count). The molecule has 5 heteroatoms. The van der Waals surface area contributed by atoms with Crippen LogP contribution in [-0.2, 0) is 0 Å². The van der Waals surface area contributed by atoms with E-state index in [0.29, 0.717) is 10.3 Å². The molecule has 0 radical (unpaired) electrons. The van der Waals surface area contributed by atoms with Crippen molar-refractivity contribution >= 4 is 32.9 Å². The second kappa shape index (κ2) is 3.09. The zero-order chi connectivity index (χ0) is 10.3. The molecule has 0 fully saturated rings. The van der Waals surface area contributed by atoms with Crippen molar-refractivity contribution in [2.24, 2.45) is 0 Å². The van der Waals surface area contributed by atoms with E-state index in [0.717, 1.165) is 10.9 Å². The molecule has 0 spiro atoms. The van der Waals surface area contributed by atoms with Crippen LogP contribution in [0, 0.1) is 6.92 Å². The molecule has 0 bridgehead atoms. The minimum atomic E-state index is -0.974. The van der Waals surface area contributed by atoms with Gasteiger partial charge in [0.15, 0.2) is 0 Å². The SMILES string of the molecule is Cc1cc(Br)nc2[nH]c(C(=O)O)cc12. The number of aromatic carboxylic acids is 1. The first kappa shape index (κ1) is 9.21. The zero-order valence-electron chi connectivity index (χ0n) is 7.34. The van der Waals surface area contributed by atoms with Crippen molar-refractivity contribution < 1.29 is 9.90 Å². The maximum atomic E-state index is 10.7. The number of halogens is 1. The maximum Gasteiger partial charge on any atom is 0.352 e. The Labute approximate surface area is 88.1 Å². The van der Waals surface area contributed by atoms with Crippen LogP contribution in [-0.4, -0.2) is 21.0 Å². The van der Waals surface area contributed by atoms with Gasteiger partial charge in [-0.1, -0.05) is 0 Å². The van der Waals surface area contributed by atoms with Gasteiger partial charge in [0.2, 0.25) is 0 Å². The smallest absolute Gasteiger partial charge is 0.352 e. The fourth-order valence-corrected chi connectivity index (χ4v) is 1.86. The van der Waals surface area contributed by atoms with E-state index in [1.54, 1.807) is 6.07 Å².